The van der Waals surface area contributed by atoms with Gasteiger partial charge in [0, 0.05) is 37.1 Å². The molecule has 2 aromatic rings. The Bertz CT molecular complexity index is 688. The fourth-order valence-electron chi connectivity index (χ4n) is 2.89. The summed E-state index contributed by atoms with van der Waals surface area (Å²) in [5.74, 6) is 0.113. The number of carbonyl (C=O) groups excluding carboxylic acids is 1. The van der Waals surface area contributed by atoms with Gasteiger partial charge in [-0.05, 0) is 36.2 Å². The lowest BCUT2D eigenvalue weighted by Gasteiger charge is -2.32. The highest BCUT2D eigenvalue weighted by Gasteiger charge is 2.22. The highest BCUT2D eigenvalue weighted by molar-refractivity contribution is 5.98. The van der Waals surface area contributed by atoms with Crippen LogP contribution in [0.4, 0.5) is 0 Å². The van der Waals surface area contributed by atoms with Crippen LogP contribution in [0.1, 0.15) is 36.8 Å². The topological polar surface area (TPSA) is 39.3 Å². The molecule has 1 fully saturated rings. The van der Waals surface area contributed by atoms with E-state index >= 15 is 0 Å². The van der Waals surface area contributed by atoms with Crippen molar-refractivity contribution in [1.82, 2.24) is 14.8 Å². The lowest BCUT2D eigenvalue weighted by atomic mass is 9.86. The molecule has 0 bridgehead atoms. The quantitative estimate of drug-likeness (QED) is 0.879. The molecule has 22 heavy (non-hydrogen) atoms. The average molecular weight is 299 g/mol. The molecule has 0 saturated carbocycles. The van der Waals surface area contributed by atoms with Gasteiger partial charge in [0.15, 0.2) is 0 Å². The molecular formula is C18H25N3O. The van der Waals surface area contributed by atoms with Crippen molar-refractivity contribution in [3.63, 3.8) is 0 Å². The predicted molar refractivity (Wildman–Crippen MR) is 90.4 cm³/mol. The molecule has 2 heterocycles. The fourth-order valence-corrected chi connectivity index (χ4v) is 2.89. The molecular weight excluding hydrogens is 274 g/mol. The van der Waals surface area contributed by atoms with Gasteiger partial charge in [-0.1, -0.05) is 26.8 Å². The Kier molecular flexibility index (Phi) is 3.73. The van der Waals surface area contributed by atoms with E-state index in [1.807, 2.05) is 11.0 Å². The van der Waals surface area contributed by atoms with E-state index in [1.54, 1.807) is 0 Å². The van der Waals surface area contributed by atoms with Crippen molar-refractivity contribution in [2.45, 2.75) is 26.2 Å². The van der Waals surface area contributed by atoms with Crippen LogP contribution in [-0.4, -0.2) is 53.9 Å². The van der Waals surface area contributed by atoms with E-state index < -0.39 is 0 Å². The summed E-state index contributed by atoms with van der Waals surface area (Å²) in [6, 6.07) is 8.40. The molecule has 1 saturated heterocycles. The van der Waals surface area contributed by atoms with Crippen molar-refractivity contribution in [2.24, 2.45) is 0 Å². The van der Waals surface area contributed by atoms with Gasteiger partial charge < -0.3 is 14.8 Å². The first-order valence-electron chi connectivity index (χ1n) is 7.96. The van der Waals surface area contributed by atoms with E-state index in [4.69, 9.17) is 0 Å². The number of hydrogen-bond acceptors (Lipinski definition) is 2. The summed E-state index contributed by atoms with van der Waals surface area (Å²) in [5.41, 5.74) is 3.14. The molecule has 1 N–H and O–H groups in total. The standard InChI is InChI=1S/C18H25N3O/c1-18(2,3)14-5-6-15-13(11-14)12-16(19-15)17(22)21-9-7-20(4)8-10-21/h5-6,11-12,19H,7-10H2,1-4H3. The second-order valence-corrected chi connectivity index (χ2v) is 7.33. The second kappa shape index (κ2) is 5.43. The van der Waals surface area contributed by atoms with Gasteiger partial charge in [-0.15, -0.1) is 0 Å². The van der Waals surface area contributed by atoms with Gasteiger partial charge in [-0.25, -0.2) is 0 Å². The molecule has 0 radical (unpaired) electrons. The first-order valence-corrected chi connectivity index (χ1v) is 7.96. The Morgan fingerprint density at radius 3 is 2.41 bits per heavy atom. The van der Waals surface area contributed by atoms with Crippen LogP contribution in [0.5, 0.6) is 0 Å². The van der Waals surface area contributed by atoms with Crippen LogP contribution < -0.4 is 0 Å². The Labute approximate surface area is 132 Å². The van der Waals surface area contributed by atoms with Crippen LogP contribution in [0.25, 0.3) is 10.9 Å². The SMILES string of the molecule is CN1CCN(C(=O)c2cc3cc(C(C)(C)C)ccc3[nH]2)CC1. The number of likely N-dealkylation sites (N-methyl/N-ethyl adjacent to an activating group) is 1. The van der Waals surface area contributed by atoms with Gasteiger partial charge in [0.05, 0.1) is 0 Å². The number of piperazine rings is 1. The number of amides is 1. The zero-order valence-electron chi connectivity index (χ0n) is 13.9. The zero-order valence-corrected chi connectivity index (χ0v) is 13.9. The number of nitrogens with zero attached hydrogens (tertiary/aromatic N) is 2. The second-order valence-electron chi connectivity index (χ2n) is 7.33. The summed E-state index contributed by atoms with van der Waals surface area (Å²) in [7, 11) is 2.10. The molecule has 0 atom stereocenters. The third-order valence-corrected chi connectivity index (χ3v) is 4.51. The maximum absolute atomic E-state index is 12.6. The maximum Gasteiger partial charge on any atom is 0.270 e. The number of carbonyl (C=O) groups is 1. The Balaban J connectivity index is 1.87. The predicted octanol–water partition coefficient (Wildman–Crippen LogP) is 2.85. The third kappa shape index (κ3) is 2.88. The van der Waals surface area contributed by atoms with Gasteiger partial charge >= 0.3 is 0 Å². The number of rotatable bonds is 1. The minimum Gasteiger partial charge on any atom is -0.351 e. The van der Waals surface area contributed by atoms with Crippen molar-refractivity contribution in [3.8, 4) is 0 Å². The summed E-state index contributed by atoms with van der Waals surface area (Å²) in [6.45, 7) is 10.1. The Hall–Kier alpha value is -1.81. The summed E-state index contributed by atoms with van der Waals surface area (Å²) in [4.78, 5) is 20.1. The van der Waals surface area contributed by atoms with Crippen LogP contribution in [0.3, 0.4) is 0 Å². The molecule has 3 rings (SSSR count). The van der Waals surface area contributed by atoms with E-state index in [9.17, 15) is 4.79 Å². The van der Waals surface area contributed by atoms with Crippen LogP contribution in [0.15, 0.2) is 24.3 Å². The number of nitrogens with one attached hydrogen (secondary N) is 1. The number of H-pyrrole nitrogens is 1. The molecule has 118 valence electrons. The first-order chi connectivity index (χ1) is 10.3. The summed E-state index contributed by atoms with van der Waals surface area (Å²) >= 11 is 0. The summed E-state index contributed by atoms with van der Waals surface area (Å²) in [5, 5.41) is 1.12. The van der Waals surface area contributed by atoms with E-state index in [-0.39, 0.29) is 11.3 Å². The molecule has 4 nitrogen and oxygen atoms in total. The van der Waals surface area contributed by atoms with E-state index in [2.05, 4.69) is 55.9 Å². The van der Waals surface area contributed by atoms with Crippen LogP contribution in [-0.2, 0) is 5.41 Å². The largest absolute Gasteiger partial charge is 0.351 e. The smallest absolute Gasteiger partial charge is 0.270 e. The third-order valence-electron chi connectivity index (χ3n) is 4.51. The van der Waals surface area contributed by atoms with Gasteiger partial charge in [-0.2, -0.15) is 0 Å². The molecule has 1 amide bonds. The van der Waals surface area contributed by atoms with Gasteiger partial charge in [-0.3, -0.25) is 4.79 Å². The van der Waals surface area contributed by atoms with Crippen molar-refractivity contribution in [3.05, 3.63) is 35.5 Å². The zero-order chi connectivity index (χ0) is 15.9. The number of fused-ring (bicyclic) bond motifs is 1. The Morgan fingerprint density at radius 1 is 1.09 bits per heavy atom. The number of hydrogen-bond donors (Lipinski definition) is 1. The van der Waals surface area contributed by atoms with Crippen molar-refractivity contribution in [2.75, 3.05) is 33.2 Å². The van der Waals surface area contributed by atoms with Crippen molar-refractivity contribution >= 4 is 16.8 Å². The monoisotopic (exact) mass is 299 g/mol. The molecule has 0 unspecified atom stereocenters. The van der Waals surface area contributed by atoms with Crippen LogP contribution in [0.2, 0.25) is 0 Å². The highest BCUT2D eigenvalue weighted by atomic mass is 16.2. The molecule has 0 spiro atoms. The lowest BCUT2D eigenvalue weighted by Crippen LogP contribution is -2.47. The summed E-state index contributed by atoms with van der Waals surface area (Å²) in [6.07, 6.45) is 0. The summed E-state index contributed by atoms with van der Waals surface area (Å²) < 4.78 is 0. The first kappa shape index (κ1) is 15.1. The molecule has 1 aromatic carbocycles. The number of aromatic nitrogens is 1. The highest BCUT2D eigenvalue weighted by Crippen LogP contribution is 2.26. The minimum absolute atomic E-state index is 0.113. The maximum atomic E-state index is 12.6. The van der Waals surface area contributed by atoms with Crippen molar-refractivity contribution in [1.29, 1.82) is 0 Å². The average Bonchev–Trinajstić information content (AvgIpc) is 2.89. The van der Waals surface area contributed by atoms with E-state index in [0.717, 1.165) is 37.1 Å². The molecule has 4 heteroatoms. The normalized spacial score (nSPS) is 17.2. The minimum atomic E-state index is 0.113. The van der Waals surface area contributed by atoms with E-state index in [0.29, 0.717) is 5.69 Å². The molecule has 1 aliphatic heterocycles. The number of benzene rings is 1. The number of aromatic amines is 1. The fraction of sp³-hybridized carbons (Fsp3) is 0.500. The van der Waals surface area contributed by atoms with Crippen LogP contribution in [0, 0.1) is 0 Å². The van der Waals surface area contributed by atoms with E-state index in [1.165, 1.54) is 5.56 Å². The molecule has 1 aliphatic rings. The van der Waals surface area contributed by atoms with Gasteiger partial charge in [0.25, 0.3) is 5.91 Å². The Morgan fingerprint density at radius 2 is 1.77 bits per heavy atom. The van der Waals surface area contributed by atoms with Crippen molar-refractivity contribution < 1.29 is 4.79 Å². The molecule has 1 aromatic heterocycles. The molecule has 0 aliphatic carbocycles. The van der Waals surface area contributed by atoms with Gasteiger partial charge in [0.2, 0.25) is 0 Å². The van der Waals surface area contributed by atoms with Crippen LogP contribution >= 0.6 is 0 Å². The van der Waals surface area contributed by atoms with Gasteiger partial charge in [0.1, 0.15) is 5.69 Å². The lowest BCUT2D eigenvalue weighted by molar-refractivity contribution is 0.0659.